The highest BCUT2D eigenvalue weighted by Gasteiger charge is 2.32. The van der Waals surface area contributed by atoms with Gasteiger partial charge in [-0.25, -0.2) is 14.8 Å². The Labute approximate surface area is 216 Å². The number of carbonyl (C=O) groups is 2. The van der Waals surface area contributed by atoms with Gasteiger partial charge in [-0.3, -0.25) is 9.36 Å². The van der Waals surface area contributed by atoms with E-state index < -0.39 is 0 Å². The first kappa shape index (κ1) is 25.9. The first-order valence-electron chi connectivity index (χ1n) is 12.5. The van der Waals surface area contributed by atoms with Crippen LogP contribution in [-0.4, -0.2) is 75.7 Å². The van der Waals surface area contributed by atoms with Crippen molar-refractivity contribution in [1.29, 1.82) is 0 Å². The summed E-state index contributed by atoms with van der Waals surface area (Å²) >= 11 is 0. The first-order chi connectivity index (χ1) is 18.0. The molecule has 4 rings (SSSR count). The Hall–Kier alpha value is -4.15. The number of amides is 3. The van der Waals surface area contributed by atoms with Crippen molar-refractivity contribution in [1.82, 2.24) is 35.1 Å². The van der Waals surface area contributed by atoms with Crippen LogP contribution in [0.4, 0.5) is 10.6 Å². The Morgan fingerprint density at radius 3 is 2.68 bits per heavy atom. The average molecular weight is 507 g/mol. The minimum Gasteiger partial charge on any atom is -0.497 e. The third-order valence-corrected chi connectivity index (χ3v) is 6.37. The van der Waals surface area contributed by atoms with Crippen LogP contribution in [0.3, 0.4) is 0 Å². The number of nitrogens with one attached hydrogen (secondary N) is 2. The van der Waals surface area contributed by atoms with Crippen molar-refractivity contribution in [2.45, 2.75) is 38.8 Å². The number of anilines is 1. The van der Waals surface area contributed by atoms with E-state index in [0.29, 0.717) is 37.9 Å². The molecule has 3 heterocycles. The van der Waals surface area contributed by atoms with Crippen LogP contribution in [0.15, 0.2) is 55.2 Å². The van der Waals surface area contributed by atoms with Crippen LogP contribution in [-0.2, 0) is 4.79 Å². The molecule has 1 fully saturated rings. The van der Waals surface area contributed by atoms with E-state index in [1.54, 1.807) is 41.5 Å². The number of nitrogens with zero attached hydrogens (tertiary/aromatic N) is 6. The van der Waals surface area contributed by atoms with Crippen LogP contribution in [0.2, 0.25) is 0 Å². The molecule has 3 aromatic rings. The lowest BCUT2D eigenvalue weighted by Crippen LogP contribution is -2.58. The van der Waals surface area contributed by atoms with E-state index >= 15 is 0 Å². The standard InChI is InChI=1S/C26H34N8O3/c1-4-10-29-26(36)32-14-15-34(23-9-11-28-25(31-23)33-13-12-27-18-33)21(17-32)16-24(35)30-19(2)20-5-7-22(37-3)8-6-20/h5-9,11-13,18-19,21H,4,10,14-17H2,1-3H3,(H,29,36)(H,30,35). The van der Waals surface area contributed by atoms with Crippen molar-refractivity contribution in [2.24, 2.45) is 0 Å². The van der Waals surface area contributed by atoms with E-state index in [9.17, 15) is 9.59 Å². The molecule has 0 radical (unpaired) electrons. The van der Waals surface area contributed by atoms with E-state index in [1.807, 2.05) is 44.2 Å². The minimum absolute atomic E-state index is 0.0991. The van der Waals surface area contributed by atoms with Gasteiger partial charge in [-0.1, -0.05) is 19.1 Å². The molecule has 1 aliphatic rings. The summed E-state index contributed by atoms with van der Waals surface area (Å²) in [6.45, 7) is 6.06. The molecule has 1 aliphatic heterocycles. The summed E-state index contributed by atoms with van der Waals surface area (Å²) in [6.07, 6.45) is 7.85. The van der Waals surface area contributed by atoms with E-state index in [4.69, 9.17) is 9.72 Å². The van der Waals surface area contributed by atoms with Crippen LogP contribution in [0.1, 0.15) is 38.3 Å². The van der Waals surface area contributed by atoms with Crippen LogP contribution in [0, 0.1) is 0 Å². The van der Waals surface area contributed by atoms with Gasteiger partial charge in [0.15, 0.2) is 0 Å². The van der Waals surface area contributed by atoms with Gasteiger partial charge in [0.1, 0.15) is 17.9 Å². The number of urea groups is 1. The smallest absolute Gasteiger partial charge is 0.317 e. The summed E-state index contributed by atoms with van der Waals surface area (Å²) in [6, 6.07) is 8.92. The van der Waals surface area contributed by atoms with Crippen molar-refractivity contribution in [2.75, 3.05) is 38.2 Å². The average Bonchev–Trinajstić information content (AvgIpc) is 3.47. The van der Waals surface area contributed by atoms with Gasteiger partial charge in [0.2, 0.25) is 11.9 Å². The molecule has 2 unspecified atom stereocenters. The second-order valence-electron chi connectivity index (χ2n) is 8.98. The molecule has 1 aromatic carbocycles. The van der Waals surface area contributed by atoms with E-state index in [0.717, 1.165) is 17.7 Å². The van der Waals surface area contributed by atoms with Crippen molar-refractivity contribution >= 4 is 17.8 Å². The highest BCUT2D eigenvalue weighted by molar-refractivity contribution is 5.78. The Morgan fingerprint density at radius 1 is 1.16 bits per heavy atom. The number of ether oxygens (including phenoxy) is 1. The monoisotopic (exact) mass is 506 g/mol. The fraction of sp³-hybridized carbons (Fsp3) is 0.423. The summed E-state index contributed by atoms with van der Waals surface area (Å²) in [5.74, 6) is 1.86. The number of benzene rings is 1. The third kappa shape index (κ3) is 6.54. The van der Waals surface area contributed by atoms with Gasteiger partial charge in [-0.05, 0) is 37.1 Å². The number of rotatable bonds is 9. The second-order valence-corrected chi connectivity index (χ2v) is 8.98. The van der Waals surface area contributed by atoms with Crippen LogP contribution in [0.25, 0.3) is 5.95 Å². The third-order valence-electron chi connectivity index (χ3n) is 6.37. The van der Waals surface area contributed by atoms with Gasteiger partial charge in [0.05, 0.1) is 19.2 Å². The largest absolute Gasteiger partial charge is 0.497 e. The minimum atomic E-state index is -0.255. The predicted molar refractivity (Wildman–Crippen MR) is 140 cm³/mol. The Balaban J connectivity index is 1.50. The molecule has 37 heavy (non-hydrogen) atoms. The maximum Gasteiger partial charge on any atom is 0.317 e. The van der Waals surface area contributed by atoms with Crippen LogP contribution < -0.4 is 20.3 Å². The molecule has 11 nitrogen and oxygen atoms in total. The van der Waals surface area contributed by atoms with E-state index in [1.165, 1.54) is 0 Å². The number of aromatic nitrogens is 4. The molecule has 2 atom stereocenters. The molecule has 3 amide bonds. The Kier molecular flexibility index (Phi) is 8.55. The Bertz CT molecular complexity index is 1170. The van der Waals surface area contributed by atoms with Gasteiger partial charge in [-0.2, -0.15) is 4.98 Å². The van der Waals surface area contributed by atoms with Crippen LogP contribution >= 0.6 is 0 Å². The zero-order valence-electron chi connectivity index (χ0n) is 21.5. The summed E-state index contributed by atoms with van der Waals surface area (Å²) in [5.41, 5.74) is 0.982. The predicted octanol–water partition coefficient (Wildman–Crippen LogP) is 2.55. The highest BCUT2D eigenvalue weighted by atomic mass is 16.5. The molecule has 0 aliphatic carbocycles. The molecule has 196 valence electrons. The van der Waals surface area contributed by atoms with Crippen molar-refractivity contribution in [3.05, 3.63) is 60.8 Å². The molecule has 1 saturated heterocycles. The summed E-state index contributed by atoms with van der Waals surface area (Å²) in [5, 5.41) is 6.04. The summed E-state index contributed by atoms with van der Waals surface area (Å²) < 4.78 is 6.96. The van der Waals surface area contributed by atoms with Crippen LogP contribution in [0.5, 0.6) is 5.75 Å². The highest BCUT2D eigenvalue weighted by Crippen LogP contribution is 2.23. The number of hydrogen-bond acceptors (Lipinski definition) is 7. The van der Waals surface area contributed by atoms with Gasteiger partial charge in [0.25, 0.3) is 0 Å². The molecule has 0 bridgehead atoms. The number of carbonyl (C=O) groups excluding carboxylic acids is 2. The van der Waals surface area contributed by atoms with Gasteiger partial charge in [0, 0.05) is 51.2 Å². The zero-order valence-corrected chi connectivity index (χ0v) is 21.5. The molecular weight excluding hydrogens is 472 g/mol. The molecular formula is C26H34N8O3. The maximum absolute atomic E-state index is 13.2. The van der Waals surface area contributed by atoms with Gasteiger partial charge < -0.3 is 25.2 Å². The quantitative estimate of drug-likeness (QED) is 0.458. The molecule has 0 saturated carbocycles. The normalized spacial score (nSPS) is 16.2. The van der Waals surface area contributed by atoms with Crippen molar-refractivity contribution in [3.8, 4) is 11.7 Å². The summed E-state index contributed by atoms with van der Waals surface area (Å²) in [7, 11) is 1.62. The first-order valence-corrected chi connectivity index (χ1v) is 12.5. The van der Waals surface area contributed by atoms with Gasteiger partial charge in [-0.15, -0.1) is 0 Å². The van der Waals surface area contributed by atoms with E-state index in [2.05, 4.69) is 25.5 Å². The lowest BCUT2D eigenvalue weighted by molar-refractivity contribution is -0.122. The number of piperazine rings is 1. The van der Waals surface area contributed by atoms with Gasteiger partial charge >= 0.3 is 6.03 Å². The van der Waals surface area contributed by atoms with Crippen molar-refractivity contribution < 1.29 is 14.3 Å². The molecule has 11 heteroatoms. The topological polar surface area (TPSA) is 118 Å². The summed E-state index contributed by atoms with van der Waals surface area (Å²) in [4.78, 5) is 42.9. The number of imidazole rings is 1. The second kappa shape index (κ2) is 12.2. The van der Waals surface area contributed by atoms with E-state index in [-0.39, 0.29) is 30.4 Å². The lowest BCUT2D eigenvalue weighted by atomic mass is 10.1. The maximum atomic E-state index is 13.2. The van der Waals surface area contributed by atoms with Crippen molar-refractivity contribution in [3.63, 3.8) is 0 Å². The zero-order chi connectivity index (χ0) is 26.2. The fourth-order valence-corrected chi connectivity index (χ4v) is 4.35. The Morgan fingerprint density at radius 2 is 1.97 bits per heavy atom. The lowest BCUT2D eigenvalue weighted by Gasteiger charge is -2.42. The molecule has 0 spiro atoms. The number of methoxy groups -OCH3 is 1. The number of hydrogen-bond donors (Lipinski definition) is 2. The fourth-order valence-electron chi connectivity index (χ4n) is 4.35. The SMILES string of the molecule is CCCNC(=O)N1CCN(c2ccnc(-n3ccnc3)n2)C(CC(=O)NC(C)c2ccc(OC)cc2)C1. The molecule has 2 aromatic heterocycles. The molecule has 2 N–H and O–H groups in total.